The van der Waals surface area contributed by atoms with E-state index in [-0.39, 0.29) is 10.6 Å². The molecule has 104 valence electrons. The minimum absolute atomic E-state index is 0.0439. The number of carboxylic acids is 1. The number of carboxylic acid groups (broad SMARTS) is 1. The summed E-state index contributed by atoms with van der Waals surface area (Å²) in [5.74, 6) is -1.81. The van der Waals surface area contributed by atoms with E-state index in [2.05, 4.69) is 5.32 Å². The number of halogens is 2. The summed E-state index contributed by atoms with van der Waals surface area (Å²) in [5, 5.41) is 12.2. The Morgan fingerprint density at radius 3 is 2.50 bits per heavy atom. The van der Waals surface area contributed by atoms with Crippen molar-refractivity contribution >= 4 is 17.6 Å². The fourth-order valence-electron chi connectivity index (χ4n) is 1.92. The lowest BCUT2D eigenvalue weighted by molar-refractivity contribution is -0.139. The molecule has 2 aromatic carbocycles. The van der Waals surface area contributed by atoms with Gasteiger partial charge in [-0.25, -0.2) is 4.39 Å². The zero-order chi connectivity index (χ0) is 14.5. The van der Waals surface area contributed by atoms with Gasteiger partial charge < -0.3 is 5.11 Å². The highest BCUT2D eigenvalue weighted by molar-refractivity contribution is 6.31. The van der Waals surface area contributed by atoms with Crippen molar-refractivity contribution in [3.63, 3.8) is 0 Å². The predicted molar refractivity (Wildman–Crippen MR) is 75.1 cm³/mol. The van der Waals surface area contributed by atoms with Crippen LogP contribution in [0.4, 0.5) is 4.39 Å². The van der Waals surface area contributed by atoms with Crippen LogP contribution in [0.15, 0.2) is 48.5 Å². The fourth-order valence-corrected chi connectivity index (χ4v) is 2.19. The largest absolute Gasteiger partial charge is 0.480 e. The van der Waals surface area contributed by atoms with E-state index in [4.69, 9.17) is 11.6 Å². The van der Waals surface area contributed by atoms with Gasteiger partial charge in [0.15, 0.2) is 0 Å². The molecule has 0 spiro atoms. The number of nitrogens with one attached hydrogen (secondary N) is 1. The van der Waals surface area contributed by atoms with Gasteiger partial charge in [0, 0.05) is 17.1 Å². The molecule has 0 aliphatic heterocycles. The second kappa shape index (κ2) is 6.50. The predicted octanol–water partition coefficient (Wildman–Crippen LogP) is 3.39. The molecule has 20 heavy (non-hydrogen) atoms. The van der Waals surface area contributed by atoms with Crippen LogP contribution in [-0.4, -0.2) is 11.1 Å². The summed E-state index contributed by atoms with van der Waals surface area (Å²) in [7, 11) is 0. The van der Waals surface area contributed by atoms with E-state index in [1.54, 1.807) is 0 Å². The maximum atomic E-state index is 13.8. The maximum Gasteiger partial charge on any atom is 0.325 e. The Balaban J connectivity index is 2.22. The van der Waals surface area contributed by atoms with E-state index in [1.807, 2.05) is 30.3 Å². The molecule has 3 nitrogen and oxygen atoms in total. The smallest absolute Gasteiger partial charge is 0.325 e. The van der Waals surface area contributed by atoms with Crippen LogP contribution in [0.5, 0.6) is 0 Å². The summed E-state index contributed by atoms with van der Waals surface area (Å²) in [6.07, 6.45) is 0. The van der Waals surface area contributed by atoms with Crippen molar-refractivity contribution in [3.8, 4) is 0 Å². The van der Waals surface area contributed by atoms with E-state index in [0.717, 1.165) is 5.56 Å². The van der Waals surface area contributed by atoms with Gasteiger partial charge in [-0.3, -0.25) is 10.1 Å². The van der Waals surface area contributed by atoms with Crippen molar-refractivity contribution in [1.82, 2.24) is 5.32 Å². The summed E-state index contributed by atoms with van der Waals surface area (Å²) in [5.41, 5.74) is 0.865. The first-order valence-corrected chi connectivity index (χ1v) is 6.41. The third-order valence-corrected chi connectivity index (χ3v) is 3.22. The molecule has 0 fully saturated rings. The lowest BCUT2D eigenvalue weighted by Gasteiger charge is -2.17. The molecule has 1 unspecified atom stereocenters. The van der Waals surface area contributed by atoms with E-state index in [1.165, 1.54) is 18.2 Å². The molecule has 0 saturated heterocycles. The SMILES string of the molecule is O=C(O)C(NCc1ccccc1)c1c(F)cccc1Cl. The van der Waals surface area contributed by atoms with Crippen molar-refractivity contribution in [2.45, 2.75) is 12.6 Å². The van der Waals surface area contributed by atoms with E-state index < -0.39 is 17.8 Å². The first-order chi connectivity index (χ1) is 9.59. The molecule has 0 aromatic heterocycles. The molecular formula is C15H13ClFNO2. The molecule has 0 saturated carbocycles. The molecule has 0 aliphatic carbocycles. The lowest BCUT2D eigenvalue weighted by Crippen LogP contribution is -2.29. The van der Waals surface area contributed by atoms with Gasteiger partial charge in [-0.05, 0) is 17.7 Å². The van der Waals surface area contributed by atoms with Gasteiger partial charge in [0.2, 0.25) is 0 Å². The quantitative estimate of drug-likeness (QED) is 0.888. The van der Waals surface area contributed by atoms with E-state index >= 15 is 0 Å². The van der Waals surface area contributed by atoms with Crippen molar-refractivity contribution in [3.05, 3.63) is 70.5 Å². The van der Waals surface area contributed by atoms with Crippen molar-refractivity contribution in [2.24, 2.45) is 0 Å². The minimum atomic E-state index is -1.19. The summed E-state index contributed by atoms with van der Waals surface area (Å²) in [4.78, 5) is 11.3. The third-order valence-electron chi connectivity index (χ3n) is 2.89. The van der Waals surface area contributed by atoms with Crippen LogP contribution < -0.4 is 5.32 Å². The second-order valence-electron chi connectivity index (χ2n) is 4.27. The molecule has 0 aliphatic rings. The first kappa shape index (κ1) is 14.5. The van der Waals surface area contributed by atoms with Gasteiger partial charge in [-0.2, -0.15) is 0 Å². The molecule has 5 heteroatoms. The van der Waals surface area contributed by atoms with Crippen LogP contribution in [0.25, 0.3) is 0 Å². The van der Waals surface area contributed by atoms with Gasteiger partial charge in [-0.15, -0.1) is 0 Å². The molecule has 1 atom stereocenters. The van der Waals surface area contributed by atoms with Crippen LogP contribution in [0, 0.1) is 5.82 Å². The van der Waals surface area contributed by atoms with Crippen LogP contribution in [0.2, 0.25) is 5.02 Å². The van der Waals surface area contributed by atoms with Crippen molar-refractivity contribution < 1.29 is 14.3 Å². The molecule has 2 N–H and O–H groups in total. The van der Waals surface area contributed by atoms with Crippen LogP contribution >= 0.6 is 11.6 Å². The average molecular weight is 294 g/mol. The maximum absolute atomic E-state index is 13.8. The highest BCUT2D eigenvalue weighted by atomic mass is 35.5. The first-order valence-electron chi connectivity index (χ1n) is 6.03. The van der Waals surface area contributed by atoms with Crippen molar-refractivity contribution in [2.75, 3.05) is 0 Å². The Kier molecular flexibility index (Phi) is 4.71. The molecule has 0 bridgehead atoms. The number of hydrogen-bond acceptors (Lipinski definition) is 2. The Labute approximate surface area is 121 Å². The highest BCUT2D eigenvalue weighted by Crippen LogP contribution is 2.26. The molecular weight excluding hydrogens is 281 g/mol. The van der Waals surface area contributed by atoms with Crippen LogP contribution in [0.1, 0.15) is 17.2 Å². The number of carbonyl (C=O) groups is 1. The summed E-state index contributed by atoms with van der Waals surface area (Å²) in [6, 6.07) is 12.2. The normalized spacial score (nSPS) is 12.1. The number of aliphatic carboxylic acids is 1. The Bertz CT molecular complexity index is 584. The third kappa shape index (κ3) is 3.35. The van der Waals surface area contributed by atoms with E-state index in [9.17, 15) is 14.3 Å². The second-order valence-corrected chi connectivity index (χ2v) is 4.68. The fraction of sp³-hybridized carbons (Fsp3) is 0.133. The van der Waals surface area contributed by atoms with E-state index in [0.29, 0.717) is 6.54 Å². The summed E-state index contributed by atoms with van der Waals surface area (Å²) < 4.78 is 13.8. The average Bonchev–Trinajstić information content (AvgIpc) is 2.42. The zero-order valence-electron chi connectivity index (χ0n) is 10.5. The molecule has 0 radical (unpaired) electrons. The van der Waals surface area contributed by atoms with Crippen molar-refractivity contribution in [1.29, 1.82) is 0 Å². The molecule has 0 heterocycles. The van der Waals surface area contributed by atoms with Gasteiger partial charge in [0.1, 0.15) is 11.9 Å². The lowest BCUT2D eigenvalue weighted by atomic mass is 10.1. The highest BCUT2D eigenvalue weighted by Gasteiger charge is 2.25. The van der Waals surface area contributed by atoms with Gasteiger partial charge in [0.25, 0.3) is 0 Å². The Hall–Kier alpha value is -1.91. The summed E-state index contributed by atoms with van der Waals surface area (Å²) >= 11 is 5.91. The number of hydrogen-bond donors (Lipinski definition) is 2. The number of benzene rings is 2. The molecule has 2 aromatic rings. The van der Waals surface area contributed by atoms with Gasteiger partial charge in [0.05, 0.1) is 0 Å². The minimum Gasteiger partial charge on any atom is -0.480 e. The standard InChI is InChI=1S/C15H13ClFNO2/c16-11-7-4-8-12(17)13(11)14(15(19)20)18-9-10-5-2-1-3-6-10/h1-8,14,18H,9H2,(H,19,20). The number of rotatable bonds is 5. The monoisotopic (exact) mass is 293 g/mol. The molecule has 2 rings (SSSR count). The van der Waals surface area contributed by atoms with Crippen LogP contribution in [0.3, 0.4) is 0 Å². The van der Waals surface area contributed by atoms with Gasteiger partial charge >= 0.3 is 5.97 Å². The Morgan fingerprint density at radius 1 is 1.20 bits per heavy atom. The molecule has 0 amide bonds. The van der Waals surface area contributed by atoms with Gasteiger partial charge in [-0.1, -0.05) is 48.0 Å². The topological polar surface area (TPSA) is 49.3 Å². The van der Waals surface area contributed by atoms with Crippen LogP contribution in [-0.2, 0) is 11.3 Å². The Morgan fingerprint density at radius 2 is 1.90 bits per heavy atom. The summed E-state index contributed by atoms with van der Waals surface area (Å²) in [6.45, 7) is 0.308. The zero-order valence-corrected chi connectivity index (χ0v) is 11.3.